The first-order valence-electron chi connectivity index (χ1n) is 6.33. The molecule has 0 fully saturated rings. The maximum absolute atomic E-state index is 8.19. The van der Waals surface area contributed by atoms with Crippen LogP contribution in [0, 0.1) is 0 Å². The number of hydrogen-bond acceptors (Lipinski definition) is 9. The van der Waals surface area contributed by atoms with Crippen LogP contribution in [0.15, 0.2) is 66.0 Å². The molecule has 2 rings (SSSR count). The molecule has 139 valence electrons. The summed E-state index contributed by atoms with van der Waals surface area (Å²) in [7, 11) is 0. The predicted octanol–water partition coefficient (Wildman–Crippen LogP) is 1.64. The van der Waals surface area contributed by atoms with Crippen LogP contribution in [0.3, 0.4) is 0 Å². The molecule has 0 saturated heterocycles. The van der Waals surface area contributed by atoms with Crippen molar-refractivity contribution in [3.05, 3.63) is 48.3 Å². The third-order valence-corrected chi connectivity index (χ3v) is 2.22. The van der Waals surface area contributed by atoms with E-state index in [9.17, 15) is 0 Å². The molecule has 2 heterocycles. The van der Waals surface area contributed by atoms with Crippen molar-refractivity contribution in [2.24, 2.45) is 31.9 Å². The van der Waals surface area contributed by atoms with Crippen molar-refractivity contribution in [2.75, 3.05) is 0 Å². The first-order chi connectivity index (χ1) is 12.0. The van der Waals surface area contributed by atoms with Crippen molar-refractivity contribution in [3.8, 4) is 0 Å². The fourth-order valence-corrected chi connectivity index (χ4v) is 1.25. The average Bonchev–Trinajstić information content (AvgIpc) is 3.28. The Morgan fingerprint density at radius 2 is 1.62 bits per heavy atom. The third kappa shape index (κ3) is 13.3. The van der Waals surface area contributed by atoms with Crippen LogP contribution in [-0.2, 0) is 46.3 Å². The van der Waals surface area contributed by atoms with Crippen molar-refractivity contribution in [3.63, 3.8) is 0 Å². The van der Waals surface area contributed by atoms with E-state index < -0.39 is 0 Å². The van der Waals surface area contributed by atoms with E-state index in [0.29, 0.717) is 17.2 Å². The molecule has 2 aromatic heterocycles. The molecule has 9 nitrogen and oxygen atoms in total. The number of nitrogens with zero attached hydrogens (tertiary/aromatic N) is 4. The first-order valence-corrected chi connectivity index (χ1v) is 7.71. The van der Waals surface area contributed by atoms with Gasteiger partial charge in [-0.3, -0.25) is 0 Å². The summed E-state index contributed by atoms with van der Waals surface area (Å²) in [5, 5.41) is 14.3. The standard InChI is InChI=1S/C7H9N3OS.C6H7N3OS.ClH.O.V/c1-5(9-10-7(8)12)6-3-2-4-11-6;7-6(11)9-8-4-5-2-1-3-10-5;;;/h2-4H,1H3,(H3,8,10,12);1-4H,(H3,7,9,11);1H;;/q;;;;+2/p-2/b9-5-;8-4-;;;. The summed E-state index contributed by atoms with van der Waals surface area (Å²) < 4.78 is 18.2. The second-order valence-electron chi connectivity index (χ2n) is 3.80. The quantitative estimate of drug-likeness (QED) is 0.310. The number of rotatable bonds is 4. The van der Waals surface area contributed by atoms with Crippen LogP contribution in [0.4, 0.5) is 0 Å². The van der Waals surface area contributed by atoms with E-state index in [0.717, 1.165) is 17.4 Å². The van der Waals surface area contributed by atoms with Gasteiger partial charge in [0.25, 0.3) is 0 Å². The Bertz CT molecular complexity index is 712. The van der Waals surface area contributed by atoms with Crippen molar-refractivity contribution in [1.82, 2.24) is 0 Å². The molecular formula is C13H15ClN6O3S2V. The molecule has 0 amide bonds. The van der Waals surface area contributed by atoms with Gasteiger partial charge in [0.05, 0.1) is 18.7 Å². The second-order valence-corrected chi connectivity index (χ2v) is 4.64. The zero-order valence-electron chi connectivity index (χ0n) is 13.4. The summed E-state index contributed by atoms with van der Waals surface area (Å²) in [5.74, 6) is 1.28. The Morgan fingerprint density at radius 1 is 1.04 bits per heavy atom. The van der Waals surface area contributed by atoms with Crippen molar-refractivity contribution < 1.29 is 29.9 Å². The van der Waals surface area contributed by atoms with Crippen LogP contribution in [0.1, 0.15) is 18.4 Å². The molecule has 0 aliphatic carbocycles. The van der Waals surface area contributed by atoms with Crippen LogP contribution in [0.5, 0.6) is 0 Å². The van der Waals surface area contributed by atoms with Gasteiger partial charge in [-0.05, 0) is 41.5 Å². The van der Waals surface area contributed by atoms with Gasteiger partial charge in [-0.15, -0.1) is 12.4 Å². The molecule has 0 aromatic carbocycles. The molecule has 0 aliphatic heterocycles. The minimum absolute atomic E-state index is 0. The second kappa shape index (κ2) is 16.4. The van der Waals surface area contributed by atoms with Crippen molar-refractivity contribution >= 4 is 59.9 Å². The van der Waals surface area contributed by atoms with Crippen molar-refractivity contribution in [2.45, 2.75) is 6.92 Å². The Labute approximate surface area is 176 Å². The zero-order valence-corrected chi connectivity index (χ0v) is 17.2. The van der Waals surface area contributed by atoms with Gasteiger partial charge in [0.2, 0.25) is 0 Å². The fraction of sp³-hybridized carbons (Fsp3) is 0.0769. The van der Waals surface area contributed by atoms with E-state index in [2.05, 4.69) is 45.7 Å². The molecule has 0 radical (unpaired) electrons. The summed E-state index contributed by atoms with van der Waals surface area (Å²) in [6.07, 6.45) is 4.54. The predicted molar refractivity (Wildman–Crippen MR) is 103 cm³/mol. The molecule has 0 unspecified atom stereocenters. The number of amidine groups is 2. The third-order valence-electron chi connectivity index (χ3n) is 2.06. The van der Waals surface area contributed by atoms with Gasteiger partial charge in [0.1, 0.15) is 17.2 Å². The molecule has 0 atom stereocenters. The topological polar surface area (TPSA) is 145 Å². The molecule has 0 aliphatic rings. The number of furan rings is 2. The van der Waals surface area contributed by atoms with E-state index in [1.165, 1.54) is 6.21 Å². The normalized spacial score (nSPS) is 11.7. The molecule has 0 saturated carbocycles. The first kappa shape index (κ1) is 26.2. The van der Waals surface area contributed by atoms with E-state index >= 15 is 0 Å². The Kier molecular flexibility index (Phi) is 16.5. The Hall–Kier alpha value is -2.05. The van der Waals surface area contributed by atoms with Crippen LogP contribution in [0.2, 0.25) is 0 Å². The number of nitrogens with two attached hydrogens (primary N) is 2. The summed E-state index contributed by atoms with van der Waals surface area (Å²) in [5.41, 5.74) is 10.8. The summed E-state index contributed by atoms with van der Waals surface area (Å²) in [4.78, 5) is 0. The molecular weight excluding hydrogens is 439 g/mol. The molecule has 13 heteroatoms. The summed E-state index contributed by atoms with van der Waals surface area (Å²) >= 11 is 10.0. The fourth-order valence-electron chi connectivity index (χ4n) is 1.17. The van der Waals surface area contributed by atoms with Gasteiger partial charge in [0, 0.05) is 0 Å². The van der Waals surface area contributed by atoms with Crippen LogP contribution < -0.4 is 11.5 Å². The van der Waals surface area contributed by atoms with Crippen LogP contribution in [-0.4, -0.2) is 22.3 Å². The molecule has 0 bridgehead atoms. The molecule has 4 N–H and O–H groups in total. The van der Waals surface area contributed by atoms with Gasteiger partial charge in [-0.25, -0.2) is 0 Å². The number of halogens is 1. The van der Waals surface area contributed by atoms with Crippen molar-refractivity contribution in [1.29, 1.82) is 0 Å². The average molecular weight is 454 g/mol. The van der Waals surface area contributed by atoms with Crippen LogP contribution in [0.25, 0.3) is 0 Å². The SMILES string of the molecule is C/C(=N/N=C(/N)[S-])c1ccco1.Cl.N/C([S-])=N/N=C\c1ccco1.[O]=[V+2]. The van der Waals surface area contributed by atoms with Gasteiger partial charge >= 0.3 is 21.0 Å². The maximum atomic E-state index is 8.19. The van der Waals surface area contributed by atoms with E-state index in [1.54, 1.807) is 43.7 Å². The number of hydrogen-bond donors (Lipinski definition) is 2. The minimum atomic E-state index is 0. The Balaban J connectivity index is 0. The van der Waals surface area contributed by atoms with Crippen LogP contribution >= 0.6 is 12.4 Å². The van der Waals surface area contributed by atoms with Gasteiger partial charge < -0.3 is 45.6 Å². The summed E-state index contributed by atoms with van der Waals surface area (Å²) in [6.45, 7) is 1.76. The molecule has 2 aromatic rings. The molecule has 26 heavy (non-hydrogen) atoms. The van der Waals surface area contributed by atoms with Gasteiger partial charge in [0.15, 0.2) is 0 Å². The van der Waals surface area contributed by atoms with E-state index in [1.807, 2.05) is 0 Å². The van der Waals surface area contributed by atoms with E-state index in [4.69, 9.17) is 24.0 Å². The molecule has 0 spiro atoms. The summed E-state index contributed by atoms with van der Waals surface area (Å²) in [6, 6.07) is 7.06. The Morgan fingerprint density at radius 3 is 2.08 bits per heavy atom. The van der Waals surface area contributed by atoms with Gasteiger partial charge in [-0.1, -0.05) is 0 Å². The monoisotopic (exact) mass is 453 g/mol. The zero-order chi connectivity index (χ0) is 19.1. The van der Waals surface area contributed by atoms with E-state index in [-0.39, 0.29) is 22.7 Å². The van der Waals surface area contributed by atoms with Gasteiger partial charge in [-0.2, -0.15) is 20.4 Å².